The molecular weight excluding hydrogens is 405 g/mol. The van der Waals surface area contributed by atoms with Gasteiger partial charge in [-0.15, -0.1) is 0 Å². The fraction of sp³-hybridized carbons (Fsp3) is 0.105. The molecule has 5 nitrogen and oxygen atoms in total. The zero-order valence-corrected chi connectivity index (χ0v) is 16.3. The van der Waals surface area contributed by atoms with Gasteiger partial charge in [-0.1, -0.05) is 41.0 Å². The van der Waals surface area contributed by atoms with Crippen molar-refractivity contribution < 1.29 is 4.42 Å². The monoisotopic (exact) mass is 417 g/mol. The van der Waals surface area contributed by atoms with Crippen LogP contribution in [0.4, 0.5) is 0 Å². The Morgan fingerprint density at radius 1 is 1.15 bits per heavy atom. The van der Waals surface area contributed by atoms with E-state index in [4.69, 9.17) is 27.6 Å². The molecule has 0 spiro atoms. The molecule has 3 aromatic heterocycles. The molecule has 1 aromatic carbocycles. The molecule has 0 aliphatic rings. The second-order valence-corrected chi connectivity index (χ2v) is 7.57. The van der Waals surface area contributed by atoms with E-state index in [1.54, 1.807) is 47.4 Å². The van der Waals surface area contributed by atoms with Crippen molar-refractivity contribution in [1.82, 2.24) is 14.5 Å². The Bertz CT molecular complexity index is 1140. The second-order valence-electron chi connectivity index (χ2n) is 5.80. The quantitative estimate of drug-likeness (QED) is 0.258. The number of hydrogen-bond donors (Lipinski definition) is 0. The average Bonchev–Trinajstić information content (AvgIpc) is 3.17. The van der Waals surface area contributed by atoms with Crippen LogP contribution >= 0.6 is 35.0 Å². The van der Waals surface area contributed by atoms with Gasteiger partial charge < -0.3 is 4.42 Å². The summed E-state index contributed by atoms with van der Waals surface area (Å²) in [7, 11) is 0. The fourth-order valence-corrected chi connectivity index (χ4v) is 3.83. The molecule has 0 N–H and O–H groups in total. The molecule has 136 valence electrons. The molecule has 8 heteroatoms. The van der Waals surface area contributed by atoms with Crippen LogP contribution in [0.15, 0.2) is 69.3 Å². The summed E-state index contributed by atoms with van der Waals surface area (Å²) in [5.41, 5.74) is 1.42. The Morgan fingerprint density at radius 2 is 2.04 bits per heavy atom. The van der Waals surface area contributed by atoms with Crippen LogP contribution in [0.2, 0.25) is 10.2 Å². The lowest BCUT2D eigenvalue weighted by atomic mass is 10.2. The van der Waals surface area contributed by atoms with Crippen LogP contribution in [-0.4, -0.2) is 14.5 Å². The fourth-order valence-electron chi connectivity index (χ4n) is 2.62. The highest BCUT2D eigenvalue weighted by atomic mass is 35.5. The zero-order chi connectivity index (χ0) is 18.8. The van der Waals surface area contributed by atoms with Gasteiger partial charge in [0, 0.05) is 17.0 Å². The summed E-state index contributed by atoms with van der Waals surface area (Å²) >= 11 is 13.4. The van der Waals surface area contributed by atoms with E-state index >= 15 is 0 Å². The van der Waals surface area contributed by atoms with Gasteiger partial charge in [0.15, 0.2) is 5.16 Å². The Morgan fingerprint density at radius 3 is 2.78 bits per heavy atom. The van der Waals surface area contributed by atoms with Gasteiger partial charge in [0.25, 0.3) is 5.56 Å². The predicted molar refractivity (Wildman–Crippen MR) is 108 cm³/mol. The van der Waals surface area contributed by atoms with E-state index in [0.717, 1.165) is 5.56 Å². The minimum Gasteiger partial charge on any atom is -0.467 e. The van der Waals surface area contributed by atoms with Gasteiger partial charge in [0.1, 0.15) is 10.9 Å². The molecule has 0 atom stereocenters. The van der Waals surface area contributed by atoms with Gasteiger partial charge in [-0.2, -0.15) is 0 Å². The summed E-state index contributed by atoms with van der Waals surface area (Å²) in [5, 5.41) is 2.08. The van der Waals surface area contributed by atoms with E-state index in [-0.39, 0.29) is 5.56 Å². The van der Waals surface area contributed by atoms with Crippen molar-refractivity contribution in [3.05, 3.63) is 86.8 Å². The smallest absolute Gasteiger partial charge is 0.262 e. The molecule has 3 heterocycles. The summed E-state index contributed by atoms with van der Waals surface area (Å²) in [6.45, 7) is 0.304. The molecule has 0 bridgehead atoms. The van der Waals surface area contributed by atoms with E-state index in [9.17, 15) is 4.79 Å². The largest absolute Gasteiger partial charge is 0.467 e. The first-order valence-electron chi connectivity index (χ1n) is 8.06. The minimum absolute atomic E-state index is 0.134. The van der Waals surface area contributed by atoms with Gasteiger partial charge in [-0.25, -0.2) is 9.97 Å². The molecule has 0 aliphatic heterocycles. The van der Waals surface area contributed by atoms with Gasteiger partial charge >= 0.3 is 0 Å². The molecular formula is C19H13Cl2N3O2S. The number of fused-ring (bicyclic) bond motifs is 1. The standard InChI is InChI=1S/C19H13Cl2N3O2S/c20-13-4-5-15-16(8-13)23-19(27-11-12-3-6-17(21)22-9-12)24(18(15)25)10-14-2-1-7-26-14/h1-9H,10-11H2. The minimum atomic E-state index is -0.134. The van der Waals surface area contributed by atoms with Crippen molar-refractivity contribution in [2.24, 2.45) is 0 Å². The second kappa shape index (κ2) is 7.76. The number of pyridine rings is 1. The Labute approximate surface area is 169 Å². The Hall–Kier alpha value is -2.28. The molecule has 0 aliphatic carbocycles. The number of nitrogens with zero attached hydrogens (tertiary/aromatic N) is 3. The molecule has 4 aromatic rings. The summed E-state index contributed by atoms with van der Waals surface area (Å²) in [6, 6.07) is 12.3. The van der Waals surface area contributed by atoms with Crippen molar-refractivity contribution in [2.45, 2.75) is 17.5 Å². The molecule has 0 saturated carbocycles. The lowest BCUT2D eigenvalue weighted by Crippen LogP contribution is -2.23. The van der Waals surface area contributed by atoms with E-state index < -0.39 is 0 Å². The lowest BCUT2D eigenvalue weighted by molar-refractivity contribution is 0.476. The Balaban J connectivity index is 1.75. The number of hydrogen-bond acceptors (Lipinski definition) is 5. The van der Waals surface area contributed by atoms with Crippen LogP contribution in [0, 0.1) is 0 Å². The summed E-state index contributed by atoms with van der Waals surface area (Å²) < 4.78 is 7.03. The number of thioether (sulfide) groups is 1. The molecule has 0 amide bonds. The van der Waals surface area contributed by atoms with Crippen molar-refractivity contribution >= 4 is 45.9 Å². The lowest BCUT2D eigenvalue weighted by Gasteiger charge is -2.12. The summed E-state index contributed by atoms with van der Waals surface area (Å²) in [4.78, 5) is 21.8. The van der Waals surface area contributed by atoms with Crippen molar-refractivity contribution in [2.75, 3.05) is 0 Å². The molecule has 0 saturated heterocycles. The molecule has 4 rings (SSSR count). The normalized spacial score (nSPS) is 11.2. The third kappa shape index (κ3) is 4.03. The molecule has 27 heavy (non-hydrogen) atoms. The SMILES string of the molecule is O=c1c2ccc(Cl)cc2nc(SCc2ccc(Cl)nc2)n1Cc1ccco1. The van der Waals surface area contributed by atoms with Crippen LogP contribution in [0.5, 0.6) is 0 Å². The zero-order valence-electron chi connectivity index (χ0n) is 13.9. The summed E-state index contributed by atoms with van der Waals surface area (Å²) in [6.07, 6.45) is 3.29. The van der Waals surface area contributed by atoms with E-state index in [2.05, 4.69) is 9.97 Å². The highest BCUT2D eigenvalue weighted by molar-refractivity contribution is 7.98. The van der Waals surface area contributed by atoms with E-state index in [0.29, 0.717) is 44.3 Å². The maximum atomic E-state index is 13.0. The molecule has 0 unspecified atom stereocenters. The van der Waals surface area contributed by atoms with Crippen LogP contribution in [0.3, 0.4) is 0 Å². The first kappa shape index (κ1) is 18.1. The number of rotatable bonds is 5. The van der Waals surface area contributed by atoms with Gasteiger partial charge in [-0.05, 0) is 42.0 Å². The van der Waals surface area contributed by atoms with Crippen molar-refractivity contribution in [3.8, 4) is 0 Å². The third-order valence-electron chi connectivity index (χ3n) is 3.93. The van der Waals surface area contributed by atoms with Crippen molar-refractivity contribution in [1.29, 1.82) is 0 Å². The van der Waals surface area contributed by atoms with Crippen LogP contribution < -0.4 is 5.56 Å². The van der Waals surface area contributed by atoms with Crippen LogP contribution in [-0.2, 0) is 12.3 Å². The third-order valence-corrected chi connectivity index (χ3v) is 5.44. The number of furan rings is 1. The predicted octanol–water partition coefficient (Wildman–Crippen LogP) is 5.03. The topological polar surface area (TPSA) is 60.9 Å². The Kier molecular flexibility index (Phi) is 5.20. The molecule has 0 radical (unpaired) electrons. The number of benzene rings is 1. The van der Waals surface area contributed by atoms with Gasteiger partial charge in [-0.3, -0.25) is 9.36 Å². The van der Waals surface area contributed by atoms with Crippen LogP contribution in [0.25, 0.3) is 10.9 Å². The van der Waals surface area contributed by atoms with E-state index in [1.807, 2.05) is 12.1 Å². The summed E-state index contributed by atoms with van der Waals surface area (Å²) in [5.74, 6) is 1.28. The van der Waals surface area contributed by atoms with Crippen LogP contribution in [0.1, 0.15) is 11.3 Å². The highest BCUT2D eigenvalue weighted by Crippen LogP contribution is 2.24. The van der Waals surface area contributed by atoms with Crippen molar-refractivity contribution in [3.63, 3.8) is 0 Å². The maximum absolute atomic E-state index is 13.0. The van der Waals surface area contributed by atoms with E-state index in [1.165, 1.54) is 11.8 Å². The highest BCUT2D eigenvalue weighted by Gasteiger charge is 2.14. The molecule has 0 fully saturated rings. The average molecular weight is 418 g/mol. The number of halogens is 2. The van der Waals surface area contributed by atoms with Gasteiger partial charge in [0.05, 0.1) is 23.7 Å². The van der Waals surface area contributed by atoms with Gasteiger partial charge in [0.2, 0.25) is 0 Å². The maximum Gasteiger partial charge on any atom is 0.262 e. The number of aromatic nitrogens is 3. The first-order chi connectivity index (χ1) is 13.1. The first-order valence-corrected chi connectivity index (χ1v) is 9.80.